The molecule has 4 nitrogen and oxygen atoms in total. The van der Waals surface area contributed by atoms with E-state index in [9.17, 15) is 5.11 Å². The van der Waals surface area contributed by atoms with Crippen molar-refractivity contribution in [2.24, 2.45) is 0 Å². The van der Waals surface area contributed by atoms with Crippen molar-refractivity contribution < 1.29 is 14.6 Å². The number of ether oxygens (including phenoxy) is 2. The molecule has 0 radical (unpaired) electrons. The molecule has 1 saturated heterocycles. The summed E-state index contributed by atoms with van der Waals surface area (Å²) in [5.74, 6) is 0. The normalized spacial score (nSPS) is 26.4. The molecule has 2 aliphatic rings. The van der Waals surface area contributed by atoms with Gasteiger partial charge >= 0.3 is 0 Å². The van der Waals surface area contributed by atoms with E-state index < -0.39 is 0 Å². The third-order valence-corrected chi connectivity index (χ3v) is 4.32. The summed E-state index contributed by atoms with van der Waals surface area (Å²) in [6, 6.07) is 0.645. The lowest BCUT2D eigenvalue weighted by Gasteiger charge is -2.29. The molecule has 2 fully saturated rings. The van der Waals surface area contributed by atoms with Crippen LogP contribution < -0.4 is 5.32 Å². The van der Waals surface area contributed by atoms with E-state index in [-0.39, 0.29) is 12.1 Å². The number of rotatable bonds is 10. The summed E-state index contributed by atoms with van der Waals surface area (Å²) in [4.78, 5) is 0. The molecular formula is C16H31NO3. The fourth-order valence-corrected chi connectivity index (χ4v) is 2.79. The fourth-order valence-electron chi connectivity index (χ4n) is 2.79. The van der Waals surface area contributed by atoms with Crippen LogP contribution in [0.5, 0.6) is 0 Å². The average Bonchev–Trinajstić information content (AvgIpc) is 3.27. The minimum absolute atomic E-state index is 0.104. The average molecular weight is 285 g/mol. The Bertz CT molecular complexity index is 264. The molecule has 2 atom stereocenters. The van der Waals surface area contributed by atoms with Crippen molar-refractivity contribution in [2.45, 2.75) is 76.0 Å². The Hall–Kier alpha value is -0.160. The molecule has 1 heterocycles. The third kappa shape index (κ3) is 6.08. The van der Waals surface area contributed by atoms with E-state index in [1.54, 1.807) is 0 Å². The molecule has 20 heavy (non-hydrogen) atoms. The maximum atomic E-state index is 9.52. The lowest BCUT2D eigenvalue weighted by atomic mass is 9.95. The van der Waals surface area contributed by atoms with Crippen molar-refractivity contribution in [1.29, 1.82) is 0 Å². The molecule has 0 spiro atoms. The van der Waals surface area contributed by atoms with Crippen molar-refractivity contribution in [1.82, 2.24) is 5.32 Å². The highest BCUT2D eigenvalue weighted by molar-refractivity contribution is 4.92. The van der Waals surface area contributed by atoms with E-state index in [1.165, 1.54) is 25.7 Å². The summed E-state index contributed by atoms with van der Waals surface area (Å²) >= 11 is 0. The van der Waals surface area contributed by atoms with Crippen LogP contribution in [0.4, 0.5) is 0 Å². The van der Waals surface area contributed by atoms with Crippen LogP contribution >= 0.6 is 0 Å². The van der Waals surface area contributed by atoms with Gasteiger partial charge in [-0.15, -0.1) is 0 Å². The predicted molar refractivity (Wildman–Crippen MR) is 79.9 cm³/mol. The Kier molecular flexibility index (Phi) is 6.75. The van der Waals surface area contributed by atoms with E-state index in [2.05, 4.69) is 12.2 Å². The maximum Gasteiger partial charge on any atom is 0.0808 e. The summed E-state index contributed by atoms with van der Waals surface area (Å²) in [5.41, 5.74) is -0.104. The van der Waals surface area contributed by atoms with Crippen LogP contribution in [-0.4, -0.2) is 49.2 Å². The van der Waals surface area contributed by atoms with Crippen LogP contribution in [0.2, 0.25) is 0 Å². The first-order valence-electron chi connectivity index (χ1n) is 8.30. The monoisotopic (exact) mass is 285 g/mol. The number of hydrogen-bond donors (Lipinski definition) is 2. The summed E-state index contributed by atoms with van der Waals surface area (Å²) in [7, 11) is 0. The van der Waals surface area contributed by atoms with Crippen molar-refractivity contribution >= 4 is 0 Å². The summed E-state index contributed by atoms with van der Waals surface area (Å²) in [6.07, 6.45) is 9.65. The number of nitrogens with one attached hydrogen (secondary N) is 1. The van der Waals surface area contributed by atoms with Gasteiger partial charge in [-0.3, -0.25) is 0 Å². The van der Waals surface area contributed by atoms with Gasteiger partial charge in [0.25, 0.3) is 0 Å². The zero-order valence-electron chi connectivity index (χ0n) is 12.9. The molecule has 4 heteroatoms. The summed E-state index contributed by atoms with van der Waals surface area (Å²) in [6.45, 7) is 4.81. The van der Waals surface area contributed by atoms with Gasteiger partial charge in [-0.1, -0.05) is 0 Å². The van der Waals surface area contributed by atoms with Crippen molar-refractivity contribution in [3.05, 3.63) is 0 Å². The molecule has 0 amide bonds. The van der Waals surface area contributed by atoms with E-state index in [0.29, 0.717) is 12.1 Å². The van der Waals surface area contributed by atoms with Crippen LogP contribution in [0.15, 0.2) is 0 Å². The van der Waals surface area contributed by atoms with Gasteiger partial charge < -0.3 is 19.9 Å². The van der Waals surface area contributed by atoms with Gasteiger partial charge in [-0.05, 0) is 58.3 Å². The van der Waals surface area contributed by atoms with Gasteiger partial charge in [-0.2, -0.15) is 0 Å². The Morgan fingerprint density at radius 3 is 2.75 bits per heavy atom. The van der Waals surface area contributed by atoms with E-state index in [1.807, 2.05) is 0 Å². The number of aliphatic hydroxyl groups is 1. The quantitative estimate of drug-likeness (QED) is 0.605. The summed E-state index contributed by atoms with van der Waals surface area (Å²) < 4.78 is 11.3. The van der Waals surface area contributed by atoms with Crippen LogP contribution in [0.1, 0.15) is 58.3 Å². The summed E-state index contributed by atoms with van der Waals surface area (Å²) in [5, 5.41) is 13.1. The minimum atomic E-state index is -0.104. The predicted octanol–water partition coefficient (Wildman–Crippen LogP) is 2.25. The topological polar surface area (TPSA) is 50.7 Å². The van der Waals surface area contributed by atoms with Crippen LogP contribution in [0, 0.1) is 0 Å². The van der Waals surface area contributed by atoms with E-state index in [0.717, 1.165) is 45.5 Å². The first-order chi connectivity index (χ1) is 9.72. The lowest BCUT2D eigenvalue weighted by molar-refractivity contribution is -0.0413. The lowest BCUT2D eigenvalue weighted by Crippen LogP contribution is -2.46. The van der Waals surface area contributed by atoms with E-state index >= 15 is 0 Å². The highest BCUT2D eigenvalue weighted by atomic mass is 16.5. The molecule has 0 bridgehead atoms. The number of hydrogen-bond acceptors (Lipinski definition) is 4. The second-order valence-electron chi connectivity index (χ2n) is 6.66. The molecule has 2 rings (SSSR count). The Balaban J connectivity index is 1.47. The first kappa shape index (κ1) is 16.2. The van der Waals surface area contributed by atoms with Gasteiger partial charge in [0.1, 0.15) is 0 Å². The third-order valence-electron chi connectivity index (χ3n) is 4.32. The Morgan fingerprint density at radius 1 is 1.25 bits per heavy atom. The molecule has 0 aromatic heterocycles. The molecular weight excluding hydrogens is 254 g/mol. The molecule has 0 aromatic rings. The maximum absolute atomic E-state index is 9.52. The van der Waals surface area contributed by atoms with Crippen molar-refractivity contribution in [3.8, 4) is 0 Å². The van der Waals surface area contributed by atoms with Gasteiger partial charge in [0.15, 0.2) is 0 Å². The molecule has 1 aliphatic heterocycles. The number of unbranched alkanes of at least 4 members (excludes halogenated alkanes) is 1. The molecule has 2 unspecified atom stereocenters. The second-order valence-corrected chi connectivity index (χ2v) is 6.66. The smallest absolute Gasteiger partial charge is 0.0808 e. The van der Waals surface area contributed by atoms with Crippen LogP contribution in [-0.2, 0) is 9.47 Å². The van der Waals surface area contributed by atoms with Crippen molar-refractivity contribution in [3.63, 3.8) is 0 Å². The minimum Gasteiger partial charge on any atom is -0.394 e. The SMILES string of the molecule is CC(CO)(CCCCOCC1CCCCO1)NC1CC1. The Labute approximate surface area is 123 Å². The zero-order chi connectivity index (χ0) is 14.3. The standard InChI is InChI=1S/C16H31NO3/c1-16(13-18,17-14-7-8-14)9-3-5-10-19-12-15-6-2-4-11-20-15/h14-15,17-18H,2-13H2,1H3. The molecule has 1 saturated carbocycles. The molecule has 118 valence electrons. The number of aliphatic hydroxyl groups excluding tert-OH is 1. The fraction of sp³-hybridized carbons (Fsp3) is 1.00. The van der Waals surface area contributed by atoms with Crippen LogP contribution in [0.3, 0.4) is 0 Å². The van der Waals surface area contributed by atoms with Gasteiger partial charge in [0.2, 0.25) is 0 Å². The van der Waals surface area contributed by atoms with Gasteiger partial charge in [-0.25, -0.2) is 0 Å². The molecule has 2 N–H and O–H groups in total. The zero-order valence-corrected chi connectivity index (χ0v) is 12.9. The van der Waals surface area contributed by atoms with Gasteiger partial charge in [0.05, 0.1) is 19.3 Å². The highest BCUT2D eigenvalue weighted by Gasteiger charge is 2.31. The van der Waals surface area contributed by atoms with Gasteiger partial charge in [0, 0.05) is 24.8 Å². The first-order valence-corrected chi connectivity index (χ1v) is 8.30. The van der Waals surface area contributed by atoms with E-state index in [4.69, 9.17) is 9.47 Å². The molecule has 1 aliphatic carbocycles. The van der Waals surface area contributed by atoms with Crippen molar-refractivity contribution in [2.75, 3.05) is 26.4 Å². The molecule has 0 aromatic carbocycles. The van der Waals surface area contributed by atoms with Crippen LogP contribution in [0.25, 0.3) is 0 Å². The second kappa shape index (κ2) is 8.32. The Morgan fingerprint density at radius 2 is 2.10 bits per heavy atom. The highest BCUT2D eigenvalue weighted by Crippen LogP contribution is 2.24. The largest absolute Gasteiger partial charge is 0.394 e.